The van der Waals surface area contributed by atoms with Gasteiger partial charge in [-0.3, -0.25) is 4.79 Å². The van der Waals surface area contributed by atoms with Gasteiger partial charge in [-0.2, -0.15) is 0 Å². The van der Waals surface area contributed by atoms with Gasteiger partial charge in [-0.1, -0.05) is 23.9 Å². The third-order valence-electron chi connectivity index (χ3n) is 3.99. The summed E-state index contributed by atoms with van der Waals surface area (Å²) in [5.74, 6) is 0.967. The molecule has 2 heterocycles. The fraction of sp³-hybridized carbons (Fsp3) is 0.333. The molecule has 0 fully saturated rings. The van der Waals surface area contributed by atoms with Crippen LogP contribution in [0.3, 0.4) is 0 Å². The van der Waals surface area contributed by atoms with Crippen molar-refractivity contribution in [3.63, 3.8) is 0 Å². The van der Waals surface area contributed by atoms with E-state index in [-0.39, 0.29) is 11.5 Å². The zero-order chi connectivity index (χ0) is 21.6. The van der Waals surface area contributed by atoms with E-state index < -0.39 is 10.0 Å². The van der Waals surface area contributed by atoms with Crippen molar-refractivity contribution in [2.45, 2.75) is 18.1 Å². The molecule has 0 radical (unpaired) electrons. The lowest BCUT2D eigenvalue weighted by Gasteiger charge is -2.05. The molecule has 160 valence electrons. The Labute approximate surface area is 182 Å². The summed E-state index contributed by atoms with van der Waals surface area (Å²) in [7, 11) is -1.59. The van der Waals surface area contributed by atoms with Crippen molar-refractivity contribution >= 4 is 38.9 Å². The maximum absolute atomic E-state index is 12.5. The minimum absolute atomic E-state index is 0.0219. The van der Waals surface area contributed by atoms with E-state index in [1.165, 1.54) is 23.1 Å². The van der Waals surface area contributed by atoms with Crippen LogP contribution in [0.4, 0.5) is 0 Å². The average molecular weight is 468 g/mol. The summed E-state index contributed by atoms with van der Waals surface area (Å²) in [4.78, 5) is 14.1. The number of thiophene rings is 1. The van der Waals surface area contributed by atoms with Crippen LogP contribution in [0.25, 0.3) is 0 Å². The normalized spacial score (nSPS) is 11.5. The number of Topliss-reactive ketones (excluding diaryl/α,β-unsaturated/α-hetero) is 1. The van der Waals surface area contributed by atoms with Crippen molar-refractivity contribution in [3.8, 4) is 5.75 Å². The van der Waals surface area contributed by atoms with Gasteiger partial charge in [-0.15, -0.1) is 16.4 Å². The fourth-order valence-corrected chi connectivity index (χ4v) is 4.79. The molecule has 0 unspecified atom stereocenters. The summed E-state index contributed by atoms with van der Waals surface area (Å²) in [5, 5.41) is 12.3. The van der Waals surface area contributed by atoms with Crippen LogP contribution in [0.5, 0.6) is 5.75 Å². The fourth-order valence-electron chi connectivity index (χ4n) is 2.53. The molecule has 30 heavy (non-hydrogen) atoms. The van der Waals surface area contributed by atoms with Crippen LogP contribution >= 0.6 is 23.1 Å². The van der Waals surface area contributed by atoms with Crippen LogP contribution in [0.15, 0.2) is 41.6 Å². The summed E-state index contributed by atoms with van der Waals surface area (Å²) in [5.41, 5.74) is 1.02. The number of hydrogen-bond donors (Lipinski definition) is 1. The van der Waals surface area contributed by atoms with Crippen molar-refractivity contribution in [2.24, 2.45) is 0 Å². The van der Waals surface area contributed by atoms with Gasteiger partial charge in [0.1, 0.15) is 5.75 Å². The van der Waals surface area contributed by atoms with Crippen molar-refractivity contribution < 1.29 is 17.9 Å². The summed E-state index contributed by atoms with van der Waals surface area (Å²) in [6.07, 6.45) is 1.66. The van der Waals surface area contributed by atoms with Gasteiger partial charge in [0.05, 0.1) is 30.5 Å². The number of ketones is 1. The topological polar surface area (TPSA) is 116 Å². The number of aromatic nitrogens is 4. The molecule has 0 saturated carbocycles. The highest BCUT2D eigenvalue weighted by Gasteiger charge is 2.14. The van der Waals surface area contributed by atoms with Gasteiger partial charge in [0.2, 0.25) is 15.2 Å². The van der Waals surface area contributed by atoms with Crippen molar-refractivity contribution in [2.75, 3.05) is 25.7 Å². The molecule has 9 nitrogen and oxygen atoms in total. The number of benzene rings is 1. The first-order chi connectivity index (χ1) is 14.3. The second-order valence-electron chi connectivity index (χ2n) is 6.36. The lowest BCUT2D eigenvalue weighted by atomic mass is 10.2. The minimum atomic E-state index is -3.21. The molecule has 2 aromatic heterocycles. The molecular weight excluding hydrogens is 446 g/mol. The van der Waals surface area contributed by atoms with Gasteiger partial charge in [0.15, 0.2) is 5.78 Å². The average Bonchev–Trinajstić information content (AvgIpc) is 3.35. The van der Waals surface area contributed by atoms with E-state index in [1.54, 1.807) is 17.9 Å². The molecule has 3 rings (SSSR count). The number of methoxy groups -OCH3 is 1. The molecule has 1 N–H and O–H groups in total. The summed E-state index contributed by atoms with van der Waals surface area (Å²) in [6, 6.07) is 11.2. The number of carbonyl (C=O) groups is 1. The Balaban J connectivity index is 1.53. The lowest BCUT2D eigenvalue weighted by molar-refractivity contribution is 0.102. The second kappa shape index (κ2) is 10.2. The number of tetrazole rings is 1. The van der Waals surface area contributed by atoms with Crippen LogP contribution in [0, 0.1) is 0 Å². The summed E-state index contributed by atoms with van der Waals surface area (Å²) < 4.78 is 31.5. The third-order valence-corrected chi connectivity index (χ3v) is 6.87. The van der Waals surface area contributed by atoms with Crippen LogP contribution in [0.2, 0.25) is 0 Å². The number of thioether (sulfide) groups is 1. The number of sulfonamides is 1. The zero-order valence-corrected chi connectivity index (χ0v) is 18.9. The standard InChI is InChI=1S/C18H21N5O4S3/c1-27-14-5-3-13(4-6-14)11-23-18(20-21-22-23)28-12-16(24)17-8-7-15(29-17)9-10-19-30(2,25)26/h3-8,19H,9-12H2,1-2H3. The Hall–Kier alpha value is -2.28. The van der Waals surface area contributed by atoms with Gasteiger partial charge >= 0.3 is 0 Å². The Morgan fingerprint density at radius 1 is 1.23 bits per heavy atom. The predicted octanol–water partition coefficient (Wildman–Crippen LogP) is 1.86. The molecule has 0 spiro atoms. The first kappa shape index (κ1) is 22.4. The van der Waals surface area contributed by atoms with Gasteiger partial charge < -0.3 is 4.74 Å². The van der Waals surface area contributed by atoms with E-state index in [0.717, 1.165) is 22.4 Å². The smallest absolute Gasteiger partial charge is 0.210 e. The number of carbonyl (C=O) groups excluding carboxylic acids is 1. The van der Waals surface area contributed by atoms with E-state index in [1.807, 2.05) is 30.3 Å². The molecule has 1 aromatic carbocycles. The predicted molar refractivity (Wildman–Crippen MR) is 116 cm³/mol. The lowest BCUT2D eigenvalue weighted by Crippen LogP contribution is -2.23. The maximum Gasteiger partial charge on any atom is 0.210 e. The molecule has 0 saturated heterocycles. The quantitative estimate of drug-likeness (QED) is 0.336. The SMILES string of the molecule is COc1ccc(Cn2nnnc2SCC(=O)c2ccc(CCNS(C)(=O)=O)s2)cc1. The van der Waals surface area contributed by atoms with Crippen molar-refractivity contribution in [1.82, 2.24) is 24.9 Å². The van der Waals surface area contributed by atoms with Crippen LogP contribution in [-0.2, 0) is 23.0 Å². The number of hydrogen-bond acceptors (Lipinski definition) is 9. The van der Waals surface area contributed by atoms with E-state index in [9.17, 15) is 13.2 Å². The van der Waals surface area contributed by atoms with Crippen LogP contribution < -0.4 is 9.46 Å². The van der Waals surface area contributed by atoms with E-state index >= 15 is 0 Å². The van der Waals surface area contributed by atoms with E-state index in [2.05, 4.69) is 20.2 Å². The molecule has 3 aromatic rings. The molecule has 0 aliphatic rings. The minimum Gasteiger partial charge on any atom is -0.497 e. The van der Waals surface area contributed by atoms with Crippen LogP contribution in [0.1, 0.15) is 20.1 Å². The molecule has 0 aliphatic heterocycles. The first-order valence-electron chi connectivity index (χ1n) is 8.92. The largest absolute Gasteiger partial charge is 0.497 e. The number of rotatable bonds is 11. The number of nitrogens with zero attached hydrogens (tertiary/aromatic N) is 4. The Morgan fingerprint density at radius 3 is 2.70 bits per heavy atom. The van der Waals surface area contributed by atoms with Crippen LogP contribution in [-0.4, -0.2) is 60.1 Å². The number of nitrogens with one attached hydrogen (secondary N) is 1. The monoisotopic (exact) mass is 467 g/mol. The molecule has 0 bridgehead atoms. The number of ether oxygens (including phenoxy) is 1. The molecule has 0 amide bonds. The Morgan fingerprint density at radius 2 is 2.00 bits per heavy atom. The van der Waals surface area contributed by atoms with Crippen molar-refractivity contribution in [1.29, 1.82) is 0 Å². The Bertz CT molecular complexity index is 1090. The highest BCUT2D eigenvalue weighted by molar-refractivity contribution is 7.99. The van der Waals surface area contributed by atoms with Crippen molar-refractivity contribution in [3.05, 3.63) is 51.7 Å². The van der Waals surface area contributed by atoms with Gasteiger partial charge in [-0.25, -0.2) is 17.8 Å². The van der Waals surface area contributed by atoms with E-state index in [4.69, 9.17) is 4.74 Å². The first-order valence-corrected chi connectivity index (χ1v) is 12.6. The van der Waals surface area contributed by atoms with Gasteiger partial charge in [0.25, 0.3) is 0 Å². The Kier molecular flexibility index (Phi) is 7.58. The maximum atomic E-state index is 12.5. The summed E-state index contributed by atoms with van der Waals surface area (Å²) in [6.45, 7) is 0.797. The van der Waals surface area contributed by atoms with Gasteiger partial charge in [-0.05, 0) is 46.7 Å². The highest BCUT2D eigenvalue weighted by Crippen LogP contribution is 2.22. The van der Waals surface area contributed by atoms with Gasteiger partial charge in [0, 0.05) is 11.4 Å². The highest BCUT2D eigenvalue weighted by atomic mass is 32.2. The summed E-state index contributed by atoms with van der Waals surface area (Å²) >= 11 is 2.65. The molecule has 0 aliphatic carbocycles. The molecule has 12 heteroatoms. The molecule has 0 atom stereocenters. The third kappa shape index (κ3) is 6.62. The van der Waals surface area contributed by atoms with E-state index in [0.29, 0.717) is 29.5 Å². The molecular formula is C18H21N5O4S3. The second-order valence-corrected chi connectivity index (χ2v) is 10.3. The zero-order valence-electron chi connectivity index (χ0n) is 16.4.